The number of aromatic hydroxyl groups is 1. The molecule has 4 nitrogen and oxygen atoms in total. The Bertz CT molecular complexity index is 777. The Morgan fingerprint density at radius 2 is 1.92 bits per heavy atom. The summed E-state index contributed by atoms with van der Waals surface area (Å²) in [7, 11) is 0. The zero-order chi connectivity index (χ0) is 17.3. The molecule has 1 atom stereocenters. The van der Waals surface area contributed by atoms with Crippen molar-refractivity contribution in [1.82, 2.24) is 0 Å². The number of aryl methyl sites for hydroxylation is 2. The average molecular weight is 323 g/mol. The minimum Gasteiger partial charge on any atom is -0.508 e. The monoisotopic (exact) mass is 323 g/mol. The first kappa shape index (κ1) is 16.1. The lowest BCUT2D eigenvalue weighted by molar-refractivity contribution is -0.126. The van der Waals surface area contributed by atoms with Gasteiger partial charge in [0.15, 0.2) is 6.10 Å². The molecule has 1 aliphatic rings. The van der Waals surface area contributed by atoms with Gasteiger partial charge in [0.25, 0.3) is 5.91 Å². The molecule has 24 heavy (non-hydrogen) atoms. The predicted octanol–water partition coefficient (Wildman–Crippen LogP) is 3.53. The van der Waals surface area contributed by atoms with Gasteiger partial charge < -0.3 is 14.7 Å². The van der Waals surface area contributed by atoms with E-state index in [1.807, 2.05) is 13.8 Å². The van der Waals surface area contributed by atoms with E-state index in [1.54, 1.807) is 29.2 Å². The second-order valence-corrected chi connectivity index (χ2v) is 6.20. The largest absolute Gasteiger partial charge is 0.508 e. The van der Waals surface area contributed by atoms with E-state index in [0.29, 0.717) is 24.4 Å². The molecule has 4 heteroatoms. The van der Waals surface area contributed by atoms with Crippen molar-refractivity contribution in [3.63, 3.8) is 0 Å². The number of anilines is 1. The first-order valence-electron chi connectivity index (χ1n) is 7.97. The number of phenolic OH excluding ortho intramolecular Hbond substituents is 1. The lowest BCUT2D eigenvalue weighted by atomic mass is 10.0. The van der Waals surface area contributed by atoms with Crippen molar-refractivity contribution < 1.29 is 14.6 Å². The Labute approximate surface area is 142 Å². The quantitative estimate of drug-likeness (QED) is 0.876. The summed E-state index contributed by atoms with van der Waals surface area (Å²) in [5, 5.41) is 9.70. The third-order valence-electron chi connectivity index (χ3n) is 4.06. The molecule has 1 N–H and O–H groups in total. The van der Waals surface area contributed by atoms with E-state index in [4.69, 9.17) is 4.74 Å². The Balaban J connectivity index is 1.93. The molecule has 1 unspecified atom stereocenters. The summed E-state index contributed by atoms with van der Waals surface area (Å²) in [6.07, 6.45) is 1.60. The zero-order valence-corrected chi connectivity index (χ0v) is 14.0. The van der Waals surface area contributed by atoms with Crippen LogP contribution in [-0.4, -0.2) is 23.7 Å². The molecule has 1 heterocycles. The summed E-state index contributed by atoms with van der Waals surface area (Å²) in [4.78, 5) is 14.4. The van der Waals surface area contributed by atoms with Gasteiger partial charge in [0.1, 0.15) is 11.5 Å². The molecule has 0 saturated heterocycles. The fraction of sp³-hybridized carbons (Fsp3) is 0.250. The summed E-state index contributed by atoms with van der Waals surface area (Å²) < 4.78 is 5.92. The van der Waals surface area contributed by atoms with Gasteiger partial charge in [-0.1, -0.05) is 35.4 Å². The summed E-state index contributed by atoms with van der Waals surface area (Å²) in [5.74, 6) is 0.586. The van der Waals surface area contributed by atoms with Gasteiger partial charge in [-0.2, -0.15) is 0 Å². The number of carbonyl (C=O) groups is 1. The highest BCUT2D eigenvalue weighted by atomic mass is 16.5. The maximum absolute atomic E-state index is 12.8. The summed E-state index contributed by atoms with van der Waals surface area (Å²) in [6.45, 7) is 8.18. The average Bonchev–Trinajstić information content (AvgIpc) is 2.51. The van der Waals surface area contributed by atoms with Crippen LogP contribution in [0.2, 0.25) is 0 Å². The van der Waals surface area contributed by atoms with Crippen LogP contribution >= 0.6 is 0 Å². The van der Waals surface area contributed by atoms with Crippen LogP contribution < -0.4 is 9.64 Å². The molecular formula is C20H21NO3. The number of hydrogen-bond acceptors (Lipinski definition) is 3. The van der Waals surface area contributed by atoms with Crippen LogP contribution in [0.25, 0.3) is 0 Å². The van der Waals surface area contributed by atoms with Crippen LogP contribution in [0.15, 0.2) is 49.1 Å². The number of amides is 1. The second kappa shape index (κ2) is 6.40. The number of hydrogen-bond donors (Lipinski definition) is 1. The Kier molecular flexibility index (Phi) is 4.30. The summed E-state index contributed by atoms with van der Waals surface area (Å²) in [5.41, 5.74) is 3.99. The maximum atomic E-state index is 12.8. The van der Waals surface area contributed by atoms with Gasteiger partial charge in [-0.25, -0.2) is 0 Å². The van der Waals surface area contributed by atoms with E-state index < -0.39 is 6.10 Å². The molecule has 0 saturated carbocycles. The molecule has 0 radical (unpaired) electrons. The van der Waals surface area contributed by atoms with Crippen LogP contribution in [0.5, 0.6) is 11.5 Å². The van der Waals surface area contributed by atoms with Crippen molar-refractivity contribution in [3.05, 3.63) is 65.7 Å². The molecule has 3 rings (SSSR count). The van der Waals surface area contributed by atoms with Crippen molar-refractivity contribution in [3.8, 4) is 11.5 Å². The van der Waals surface area contributed by atoms with E-state index in [1.165, 1.54) is 11.1 Å². The Morgan fingerprint density at radius 3 is 2.58 bits per heavy atom. The molecule has 0 bridgehead atoms. The summed E-state index contributed by atoms with van der Waals surface area (Å²) in [6, 6.07) is 11.1. The zero-order valence-electron chi connectivity index (χ0n) is 14.0. The number of rotatable bonds is 4. The Hall–Kier alpha value is -2.75. The van der Waals surface area contributed by atoms with Crippen LogP contribution in [-0.2, 0) is 11.2 Å². The minimum atomic E-state index is -0.580. The van der Waals surface area contributed by atoms with Gasteiger partial charge in [0, 0.05) is 19.0 Å². The number of carbonyl (C=O) groups excluding carboxylic acids is 1. The fourth-order valence-corrected chi connectivity index (χ4v) is 3.16. The predicted molar refractivity (Wildman–Crippen MR) is 94.7 cm³/mol. The third kappa shape index (κ3) is 3.13. The first-order chi connectivity index (χ1) is 11.5. The van der Waals surface area contributed by atoms with Crippen LogP contribution in [0.1, 0.15) is 16.7 Å². The number of fused-ring (bicyclic) bond motifs is 1. The SMILES string of the molecule is C=CCN1C(=O)C(Cc2cc(C)cc(C)c2)Oc2ccc(O)cc21. The molecular weight excluding hydrogens is 302 g/mol. The van der Waals surface area contributed by atoms with E-state index in [-0.39, 0.29) is 11.7 Å². The van der Waals surface area contributed by atoms with E-state index in [9.17, 15) is 9.90 Å². The molecule has 1 aliphatic heterocycles. The number of ether oxygens (including phenoxy) is 1. The van der Waals surface area contributed by atoms with Gasteiger partial charge in [0.05, 0.1) is 5.69 Å². The highest BCUT2D eigenvalue weighted by Crippen LogP contribution is 2.37. The minimum absolute atomic E-state index is 0.104. The molecule has 124 valence electrons. The van der Waals surface area contributed by atoms with E-state index >= 15 is 0 Å². The number of nitrogens with zero attached hydrogens (tertiary/aromatic N) is 1. The number of benzene rings is 2. The standard InChI is InChI=1S/C20H21NO3/c1-4-7-21-17-12-16(22)5-6-18(17)24-19(20(21)23)11-15-9-13(2)8-14(3)10-15/h4-6,8-10,12,19,22H,1,7,11H2,2-3H3. The molecule has 0 aromatic heterocycles. The van der Waals surface area contributed by atoms with Crippen molar-refractivity contribution in [1.29, 1.82) is 0 Å². The molecule has 0 aliphatic carbocycles. The normalized spacial score (nSPS) is 16.5. The molecule has 2 aromatic rings. The van der Waals surface area contributed by atoms with Gasteiger partial charge in [-0.15, -0.1) is 6.58 Å². The Morgan fingerprint density at radius 1 is 1.21 bits per heavy atom. The summed E-state index contributed by atoms with van der Waals surface area (Å²) >= 11 is 0. The lowest BCUT2D eigenvalue weighted by Gasteiger charge is -2.34. The van der Waals surface area contributed by atoms with Crippen molar-refractivity contribution in [2.24, 2.45) is 0 Å². The molecule has 0 spiro atoms. The van der Waals surface area contributed by atoms with E-state index in [2.05, 4.69) is 24.8 Å². The van der Waals surface area contributed by atoms with Crippen LogP contribution in [0.4, 0.5) is 5.69 Å². The maximum Gasteiger partial charge on any atom is 0.268 e. The fourth-order valence-electron chi connectivity index (χ4n) is 3.16. The first-order valence-corrected chi connectivity index (χ1v) is 7.97. The second-order valence-electron chi connectivity index (χ2n) is 6.20. The topological polar surface area (TPSA) is 49.8 Å². The van der Waals surface area contributed by atoms with Gasteiger partial charge in [-0.05, 0) is 31.5 Å². The molecule has 2 aromatic carbocycles. The van der Waals surface area contributed by atoms with Crippen LogP contribution in [0, 0.1) is 13.8 Å². The smallest absolute Gasteiger partial charge is 0.268 e. The van der Waals surface area contributed by atoms with Crippen molar-refractivity contribution in [2.45, 2.75) is 26.4 Å². The van der Waals surface area contributed by atoms with Gasteiger partial charge in [-0.3, -0.25) is 4.79 Å². The van der Waals surface area contributed by atoms with E-state index in [0.717, 1.165) is 5.56 Å². The lowest BCUT2D eigenvalue weighted by Crippen LogP contribution is -2.47. The molecule has 0 fully saturated rings. The molecule has 1 amide bonds. The van der Waals surface area contributed by atoms with Crippen LogP contribution in [0.3, 0.4) is 0 Å². The third-order valence-corrected chi connectivity index (χ3v) is 4.06. The van der Waals surface area contributed by atoms with Gasteiger partial charge >= 0.3 is 0 Å². The highest BCUT2D eigenvalue weighted by molar-refractivity contribution is 6.00. The van der Waals surface area contributed by atoms with Crippen molar-refractivity contribution in [2.75, 3.05) is 11.4 Å². The van der Waals surface area contributed by atoms with Crippen molar-refractivity contribution >= 4 is 11.6 Å². The number of phenols is 1. The van der Waals surface area contributed by atoms with Gasteiger partial charge in [0.2, 0.25) is 0 Å². The highest BCUT2D eigenvalue weighted by Gasteiger charge is 2.34.